The molecule has 19 heavy (non-hydrogen) atoms. The van der Waals surface area contributed by atoms with Crippen LogP contribution in [0.3, 0.4) is 0 Å². The fourth-order valence-corrected chi connectivity index (χ4v) is 1.63. The van der Waals surface area contributed by atoms with Crippen LogP contribution < -0.4 is 5.73 Å². The molecule has 0 atom stereocenters. The maximum Gasteiger partial charge on any atom is 0.152 e. The Morgan fingerprint density at radius 3 is 2.26 bits per heavy atom. The largest absolute Gasteiger partial charge is 0.398 e. The second kappa shape index (κ2) is 6.31. The van der Waals surface area contributed by atoms with Gasteiger partial charge in [0.1, 0.15) is 0 Å². The molecule has 0 saturated heterocycles. The molecule has 2 aromatic carbocycles. The molecule has 3 nitrogen and oxygen atoms in total. The molecule has 0 amide bonds. The molecule has 0 fully saturated rings. The van der Waals surface area contributed by atoms with Gasteiger partial charge < -0.3 is 5.73 Å². The zero-order valence-electron chi connectivity index (χ0n) is 10.4. The molecule has 0 saturated carbocycles. The van der Waals surface area contributed by atoms with Gasteiger partial charge in [-0.1, -0.05) is 36.4 Å². The highest BCUT2D eigenvalue weighted by Gasteiger charge is 1.91. The van der Waals surface area contributed by atoms with Crippen molar-refractivity contribution in [3.05, 3.63) is 72.4 Å². The van der Waals surface area contributed by atoms with Crippen LogP contribution in [-0.2, 0) is 0 Å². The van der Waals surface area contributed by atoms with E-state index in [-0.39, 0.29) is 0 Å². The van der Waals surface area contributed by atoms with Gasteiger partial charge in [0.15, 0.2) is 6.29 Å². The second-order valence-electron chi connectivity index (χ2n) is 3.94. The number of anilines is 1. The molecule has 94 valence electrons. The molecular weight excluding hydrogens is 236 g/mol. The van der Waals surface area contributed by atoms with Crippen LogP contribution >= 0.6 is 0 Å². The third kappa shape index (κ3) is 3.39. The molecule has 0 bridgehead atoms. The highest BCUT2D eigenvalue weighted by atomic mass is 16.1. The Labute approximate surface area is 111 Å². The molecule has 0 aliphatic heterocycles. The summed E-state index contributed by atoms with van der Waals surface area (Å²) in [5.41, 5.74) is 7.55. The third-order valence-electron chi connectivity index (χ3n) is 2.64. The molecule has 0 spiro atoms. The number of nitrogen functional groups attached to an aromatic ring is 1. The Bertz CT molecular complexity index is 615. The topological polar surface area (TPSA) is 56.0 Å². The first-order chi connectivity index (χ1) is 9.31. The lowest BCUT2D eigenvalue weighted by Gasteiger charge is -1.92. The number of para-hydroxylation sites is 2. The van der Waals surface area contributed by atoms with Crippen molar-refractivity contribution in [1.82, 2.24) is 4.98 Å². The lowest BCUT2D eigenvalue weighted by molar-refractivity contribution is 0.112. The van der Waals surface area contributed by atoms with Crippen molar-refractivity contribution in [2.24, 2.45) is 0 Å². The Balaban J connectivity index is 0.000000141. The molecule has 0 aliphatic carbocycles. The van der Waals surface area contributed by atoms with E-state index in [2.05, 4.69) is 17.1 Å². The lowest BCUT2D eigenvalue weighted by Crippen LogP contribution is -1.90. The van der Waals surface area contributed by atoms with Crippen molar-refractivity contribution >= 4 is 22.9 Å². The van der Waals surface area contributed by atoms with E-state index >= 15 is 0 Å². The average molecular weight is 250 g/mol. The monoisotopic (exact) mass is 250 g/mol. The first-order valence-electron chi connectivity index (χ1n) is 5.90. The van der Waals surface area contributed by atoms with Gasteiger partial charge in [-0.2, -0.15) is 0 Å². The van der Waals surface area contributed by atoms with Gasteiger partial charge in [0, 0.05) is 22.8 Å². The lowest BCUT2D eigenvalue weighted by atomic mass is 10.2. The molecular formula is C16H14N2O. The van der Waals surface area contributed by atoms with Gasteiger partial charge in [0.25, 0.3) is 0 Å². The Morgan fingerprint density at radius 1 is 0.895 bits per heavy atom. The summed E-state index contributed by atoms with van der Waals surface area (Å²) in [7, 11) is 0. The zero-order chi connectivity index (χ0) is 13.5. The Morgan fingerprint density at radius 2 is 1.58 bits per heavy atom. The SMILES string of the molecule is Nc1ccccc1C=O.c1ccc2ncccc2c1. The number of rotatable bonds is 1. The molecule has 3 heteroatoms. The van der Waals surface area contributed by atoms with Crippen molar-refractivity contribution in [3.8, 4) is 0 Å². The molecule has 2 N–H and O–H groups in total. The number of nitrogens with zero attached hydrogens (tertiary/aromatic N) is 1. The van der Waals surface area contributed by atoms with Crippen LogP contribution in [0, 0.1) is 0 Å². The first kappa shape index (κ1) is 12.8. The molecule has 3 aromatic rings. The summed E-state index contributed by atoms with van der Waals surface area (Å²) < 4.78 is 0. The van der Waals surface area contributed by atoms with Gasteiger partial charge in [0.05, 0.1) is 5.52 Å². The smallest absolute Gasteiger partial charge is 0.152 e. The molecule has 0 radical (unpaired) electrons. The van der Waals surface area contributed by atoms with E-state index in [0.717, 1.165) is 11.8 Å². The summed E-state index contributed by atoms with van der Waals surface area (Å²) in [5.74, 6) is 0. The number of pyridine rings is 1. The standard InChI is InChI=1S/C9H7N.C7H7NO/c1-2-6-9-8(4-1)5-3-7-10-9;8-7-4-2-1-3-6(7)5-9/h1-7H;1-5H,8H2. The molecule has 1 aromatic heterocycles. The van der Waals surface area contributed by atoms with Crippen LogP contribution in [0.15, 0.2) is 66.9 Å². The van der Waals surface area contributed by atoms with E-state index in [4.69, 9.17) is 5.73 Å². The summed E-state index contributed by atoms with van der Waals surface area (Å²) in [6, 6.07) is 19.0. The van der Waals surface area contributed by atoms with E-state index in [1.807, 2.05) is 30.5 Å². The quantitative estimate of drug-likeness (QED) is 0.532. The van der Waals surface area contributed by atoms with Gasteiger partial charge in [-0.05, 0) is 24.3 Å². The van der Waals surface area contributed by atoms with Gasteiger partial charge in [-0.15, -0.1) is 0 Å². The minimum absolute atomic E-state index is 0.535. The van der Waals surface area contributed by atoms with Crippen molar-refractivity contribution in [3.63, 3.8) is 0 Å². The van der Waals surface area contributed by atoms with Gasteiger partial charge >= 0.3 is 0 Å². The Hall–Kier alpha value is -2.68. The van der Waals surface area contributed by atoms with E-state index in [9.17, 15) is 4.79 Å². The summed E-state index contributed by atoms with van der Waals surface area (Å²) in [5, 5.41) is 1.20. The number of fused-ring (bicyclic) bond motifs is 1. The van der Waals surface area contributed by atoms with Crippen LogP contribution in [0.4, 0.5) is 5.69 Å². The predicted octanol–water partition coefficient (Wildman–Crippen LogP) is 3.32. The second-order valence-corrected chi connectivity index (χ2v) is 3.94. The summed E-state index contributed by atoms with van der Waals surface area (Å²) in [6.07, 6.45) is 2.55. The fourth-order valence-electron chi connectivity index (χ4n) is 1.63. The van der Waals surface area contributed by atoms with Crippen molar-refractivity contribution in [2.75, 3.05) is 5.73 Å². The number of carbonyl (C=O) groups is 1. The highest BCUT2D eigenvalue weighted by molar-refractivity contribution is 5.82. The summed E-state index contributed by atoms with van der Waals surface area (Å²) in [6.45, 7) is 0. The van der Waals surface area contributed by atoms with Crippen molar-refractivity contribution in [2.45, 2.75) is 0 Å². The predicted molar refractivity (Wildman–Crippen MR) is 78.0 cm³/mol. The molecule has 0 unspecified atom stereocenters. The highest BCUT2D eigenvalue weighted by Crippen LogP contribution is 2.08. The minimum atomic E-state index is 0.535. The van der Waals surface area contributed by atoms with Gasteiger partial charge in [0.2, 0.25) is 0 Å². The van der Waals surface area contributed by atoms with Crippen LogP contribution in [-0.4, -0.2) is 11.3 Å². The van der Waals surface area contributed by atoms with Crippen LogP contribution in [0.2, 0.25) is 0 Å². The zero-order valence-corrected chi connectivity index (χ0v) is 10.4. The maximum atomic E-state index is 10.1. The minimum Gasteiger partial charge on any atom is -0.398 e. The van der Waals surface area contributed by atoms with Crippen LogP contribution in [0.5, 0.6) is 0 Å². The van der Waals surface area contributed by atoms with E-state index in [1.165, 1.54) is 5.39 Å². The number of benzene rings is 2. The number of aldehydes is 1. The summed E-state index contributed by atoms with van der Waals surface area (Å²) >= 11 is 0. The fraction of sp³-hybridized carbons (Fsp3) is 0. The van der Waals surface area contributed by atoms with Crippen LogP contribution in [0.1, 0.15) is 10.4 Å². The van der Waals surface area contributed by atoms with E-state index in [0.29, 0.717) is 11.3 Å². The van der Waals surface area contributed by atoms with Crippen molar-refractivity contribution in [1.29, 1.82) is 0 Å². The number of hydrogen-bond donors (Lipinski definition) is 1. The molecule has 0 aliphatic rings. The van der Waals surface area contributed by atoms with Crippen LogP contribution in [0.25, 0.3) is 10.9 Å². The Kier molecular flexibility index (Phi) is 4.24. The third-order valence-corrected chi connectivity index (χ3v) is 2.64. The average Bonchev–Trinajstić information content (AvgIpc) is 2.49. The number of nitrogens with two attached hydrogens (primary N) is 1. The molecule has 1 heterocycles. The summed E-state index contributed by atoms with van der Waals surface area (Å²) in [4.78, 5) is 14.3. The van der Waals surface area contributed by atoms with Gasteiger partial charge in [-0.3, -0.25) is 9.78 Å². The number of hydrogen-bond acceptors (Lipinski definition) is 3. The first-order valence-corrected chi connectivity index (χ1v) is 5.90. The van der Waals surface area contributed by atoms with Crippen molar-refractivity contribution < 1.29 is 4.79 Å². The number of aromatic nitrogens is 1. The van der Waals surface area contributed by atoms with Gasteiger partial charge in [-0.25, -0.2) is 0 Å². The normalized spacial score (nSPS) is 9.47. The maximum absolute atomic E-state index is 10.1. The van der Waals surface area contributed by atoms with E-state index in [1.54, 1.807) is 24.3 Å². The molecule has 3 rings (SSSR count). The van der Waals surface area contributed by atoms with E-state index < -0.39 is 0 Å². The number of carbonyl (C=O) groups excluding carboxylic acids is 1.